The lowest BCUT2D eigenvalue weighted by molar-refractivity contribution is -0.130. The van der Waals surface area contributed by atoms with Crippen LogP contribution in [0.1, 0.15) is 24.1 Å². The van der Waals surface area contributed by atoms with E-state index in [9.17, 15) is 9.59 Å². The Kier molecular flexibility index (Phi) is 8.06. The summed E-state index contributed by atoms with van der Waals surface area (Å²) in [5, 5.41) is 5.42. The number of nitrogens with zero attached hydrogens (tertiary/aromatic N) is 4. The Morgan fingerprint density at radius 2 is 2.00 bits per heavy atom. The summed E-state index contributed by atoms with van der Waals surface area (Å²) in [7, 11) is 0. The minimum atomic E-state index is -0.428. The van der Waals surface area contributed by atoms with Gasteiger partial charge >= 0.3 is 6.03 Å². The normalized spacial score (nSPS) is 15.0. The van der Waals surface area contributed by atoms with Crippen LogP contribution in [0.15, 0.2) is 48.9 Å². The van der Waals surface area contributed by atoms with E-state index in [0.717, 1.165) is 35.5 Å². The van der Waals surface area contributed by atoms with Gasteiger partial charge in [0.25, 0.3) is 0 Å². The van der Waals surface area contributed by atoms with E-state index in [1.54, 1.807) is 18.5 Å². The van der Waals surface area contributed by atoms with Gasteiger partial charge in [0.15, 0.2) is 5.82 Å². The van der Waals surface area contributed by atoms with Crippen LogP contribution in [0.2, 0.25) is 0 Å². The van der Waals surface area contributed by atoms with Crippen LogP contribution in [-0.4, -0.2) is 58.0 Å². The molecule has 0 bridgehead atoms. The molecule has 3 aromatic rings. The number of nitrogens with one attached hydrogen (secondary N) is 2. The maximum absolute atomic E-state index is 12.3. The molecule has 3 heterocycles. The maximum atomic E-state index is 12.3. The molecule has 1 aromatic carbocycles. The predicted molar refractivity (Wildman–Crippen MR) is 138 cm³/mol. The monoisotopic (exact) mass is 489 g/mol. The number of likely N-dealkylation sites (tertiary alicyclic amines) is 1. The number of ether oxygens (including phenoxy) is 1. The second-order valence-electron chi connectivity index (χ2n) is 8.88. The van der Waals surface area contributed by atoms with Gasteiger partial charge in [-0.05, 0) is 56.2 Å². The molecule has 188 valence electrons. The number of pyridine rings is 1. The number of benzene rings is 1. The lowest BCUT2D eigenvalue weighted by Gasteiger charge is -2.17. The number of hydrogen-bond donors (Lipinski definition) is 3. The highest BCUT2D eigenvalue weighted by atomic mass is 16.5. The number of aromatic nitrogens is 3. The molecule has 4 N–H and O–H groups in total. The van der Waals surface area contributed by atoms with Crippen LogP contribution in [-0.2, 0) is 4.79 Å². The highest BCUT2D eigenvalue weighted by Crippen LogP contribution is 2.27. The number of urea groups is 1. The summed E-state index contributed by atoms with van der Waals surface area (Å²) in [5.74, 6) is 1.54. The van der Waals surface area contributed by atoms with Crippen molar-refractivity contribution in [3.63, 3.8) is 0 Å². The van der Waals surface area contributed by atoms with Gasteiger partial charge in [0, 0.05) is 43.2 Å². The summed E-state index contributed by atoms with van der Waals surface area (Å²) in [6.45, 7) is 6.25. The summed E-state index contributed by atoms with van der Waals surface area (Å²) < 4.78 is 6.07. The van der Waals surface area contributed by atoms with E-state index < -0.39 is 6.03 Å². The summed E-state index contributed by atoms with van der Waals surface area (Å²) >= 11 is 0. The molecule has 10 heteroatoms. The fraction of sp³-hybridized carbons (Fsp3) is 0.346. The van der Waals surface area contributed by atoms with Gasteiger partial charge < -0.3 is 20.7 Å². The average molecular weight is 490 g/mol. The highest BCUT2D eigenvalue weighted by Gasteiger charge is 2.26. The first-order valence-corrected chi connectivity index (χ1v) is 12.0. The Hall–Kier alpha value is -4.05. The summed E-state index contributed by atoms with van der Waals surface area (Å²) in [6, 6.07) is 8.98. The highest BCUT2D eigenvalue weighted by molar-refractivity contribution is 5.99. The number of carbonyl (C=O) groups excluding carboxylic acids is 2. The van der Waals surface area contributed by atoms with Crippen molar-refractivity contribution in [3.8, 4) is 17.0 Å². The van der Waals surface area contributed by atoms with Gasteiger partial charge in [-0.1, -0.05) is 0 Å². The number of amides is 3. The lowest BCUT2D eigenvalue weighted by atomic mass is 10.1. The number of hydrogen-bond acceptors (Lipinski definition) is 7. The zero-order valence-corrected chi connectivity index (χ0v) is 20.5. The maximum Gasteiger partial charge on any atom is 0.324 e. The van der Waals surface area contributed by atoms with E-state index in [-0.39, 0.29) is 5.91 Å². The number of carbonyl (C=O) groups is 2. The van der Waals surface area contributed by atoms with E-state index in [1.165, 1.54) is 6.20 Å². The van der Waals surface area contributed by atoms with Crippen molar-refractivity contribution in [2.75, 3.05) is 36.9 Å². The Morgan fingerprint density at radius 1 is 1.14 bits per heavy atom. The van der Waals surface area contributed by atoms with Gasteiger partial charge in [-0.3, -0.25) is 20.1 Å². The van der Waals surface area contributed by atoms with Gasteiger partial charge in [0.2, 0.25) is 5.91 Å². The quantitative estimate of drug-likeness (QED) is 0.441. The van der Waals surface area contributed by atoms with Gasteiger partial charge in [-0.15, -0.1) is 0 Å². The SMILES string of the molecule is Cc1ccc(NC(=O)Nc2cncc(-c3ccc(OCC4CCN(C(=O)CCN)C4)c(C)c3)n2)cn1. The van der Waals surface area contributed by atoms with Crippen molar-refractivity contribution in [2.24, 2.45) is 11.7 Å². The van der Waals surface area contributed by atoms with Crippen LogP contribution in [0.25, 0.3) is 11.3 Å². The molecule has 36 heavy (non-hydrogen) atoms. The smallest absolute Gasteiger partial charge is 0.324 e. The van der Waals surface area contributed by atoms with Crippen molar-refractivity contribution >= 4 is 23.4 Å². The van der Waals surface area contributed by atoms with Gasteiger partial charge in [0.05, 0.1) is 36.6 Å². The van der Waals surface area contributed by atoms with Crippen LogP contribution in [0, 0.1) is 19.8 Å². The molecule has 0 saturated carbocycles. The zero-order chi connectivity index (χ0) is 25.5. The van der Waals surface area contributed by atoms with Crippen LogP contribution >= 0.6 is 0 Å². The molecule has 1 saturated heterocycles. The molecule has 0 spiro atoms. The summed E-state index contributed by atoms with van der Waals surface area (Å²) in [6.07, 6.45) is 6.05. The second kappa shape index (κ2) is 11.6. The molecule has 0 radical (unpaired) electrons. The molecule has 1 atom stereocenters. The van der Waals surface area contributed by atoms with E-state index in [4.69, 9.17) is 10.5 Å². The standard InChI is InChI=1S/C26H31N7O3/c1-17-11-20(4-6-23(17)36-16-19-8-10-33(15-19)25(34)7-9-27)22-13-28-14-24(31-22)32-26(35)30-21-5-3-18(2)29-12-21/h3-6,11-14,19H,7-10,15-16,27H2,1-2H3,(H2,30,31,32,35). The van der Waals surface area contributed by atoms with E-state index in [1.807, 2.05) is 43.0 Å². The third-order valence-electron chi connectivity index (χ3n) is 5.99. The lowest BCUT2D eigenvalue weighted by Crippen LogP contribution is -2.30. The fourth-order valence-corrected chi connectivity index (χ4v) is 4.04. The molecule has 1 fully saturated rings. The molecular formula is C26H31N7O3. The number of nitrogens with two attached hydrogens (primary N) is 1. The number of anilines is 2. The summed E-state index contributed by atoms with van der Waals surface area (Å²) in [5.41, 5.74) is 9.40. The van der Waals surface area contributed by atoms with Crippen LogP contribution in [0.4, 0.5) is 16.3 Å². The van der Waals surface area contributed by atoms with Gasteiger partial charge in [-0.25, -0.2) is 9.78 Å². The second-order valence-corrected chi connectivity index (χ2v) is 8.88. The third-order valence-corrected chi connectivity index (χ3v) is 5.99. The molecule has 4 rings (SSSR count). The van der Waals surface area contributed by atoms with Crippen molar-refractivity contribution in [2.45, 2.75) is 26.7 Å². The van der Waals surface area contributed by atoms with Crippen LogP contribution in [0.5, 0.6) is 5.75 Å². The molecular weight excluding hydrogens is 458 g/mol. The Labute approximate surface area is 210 Å². The largest absolute Gasteiger partial charge is 0.493 e. The molecule has 10 nitrogen and oxygen atoms in total. The number of rotatable bonds is 8. The Morgan fingerprint density at radius 3 is 2.75 bits per heavy atom. The topological polar surface area (TPSA) is 135 Å². The molecule has 1 aliphatic rings. The van der Waals surface area contributed by atoms with Crippen molar-refractivity contribution in [1.29, 1.82) is 0 Å². The van der Waals surface area contributed by atoms with Crippen molar-refractivity contribution < 1.29 is 14.3 Å². The third kappa shape index (κ3) is 6.54. The Bertz CT molecular complexity index is 1220. The summed E-state index contributed by atoms with van der Waals surface area (Å²) in [4.78, 5) is 39.1. The Balaban J connectivity index is 1.34. The first kappa shape index (κ1) is 25.1. The minimum Gasteiger partial charge on any atom is -0.493 e. The first-order valence-electron chi connectivity index (χ1n) is 12.0. The van der Waals surface area contributed by atoms with Gasteiger partial charge in [0.1, 0.15) is 5.75 Å². The predicted octanol–water partition coefficient (Wildman–Crippen LogP) is 3.38. The van der Waals surface area contributed by atoms with E-state index in [0.29, 0.717) is 49.2 Å². The molecule has 1 aliphatic heterocycles. The number of aryl methyl sites for hydroxylation is 2. The van der Waals surface area contributed by atoms with Crippen molar-refractivity contribution in [3.05, 3.63) is 60.2 Å². The van der Waals surface area contributed by atoms with E-state index >= 15 is 0 Å². The average Bonchev–Trinajstić information content (AvgIpc) is 3.34. The fourth-order valence-electron chi connectivity index (χ4n) is 4.04. The van der Waals surface area contributed by atoms with Crippen LogP contribution in [0.3, 0.4) is 0 Å². The van der Waals surface area contributed by atoms with E-state index in [2.05, 4.69) is 25.6 Å². The molecule has 0 aliphatic carbocycles. The van der Waals surface area contributed by atoms with Crippen molar-refractivity contribution in [1.82, 2.24) is 19.9 Å². The van der Waals surface area contributed by atoms with Gasteiger partial charge in [-0.2, -0.15) is 0 Å². The van der Waals surface area contributed by atoms with Crippen LogP contribution < -0.4 is 21.1 Å². The molecule has 1 unspecified atom stereocenters. The molecule has 2 aromatic heterocycles. The zero-order valence-electron chi connectivity index (χ0n) is 20.5. The first-order chi connectivity index (χ1) is 17.4. The molecule has 3 amide bonds. The minimum absolute atomic E-state index is 0.114.